The molecule has 0 unspecified atom stereocenters. The average molecular weight is 222 g/mol. The van der Waals surface area contributed by atoms with E-state index >= 15 is 0 Å². The molecule has 0 atom stereocenters. The third-order valence-corrected chi connectivity index (χ3v) is 2.94. The van der Waals surface area contributed by atoms with Gasteiger partial charge in [0.1, 0.15) is 11.6 Å². The van der Waals surface area contributed by atoms with Crippen LogP contribution in [0.25, 0.3) is 0 Å². The van der Waals surface area contributed by atoms with Gasteiger partial charge in [-0.05, 0) is 25.0 Å². The van der Waals surface area contributed by atoms with Crippen molar-refractivity contribution in [2.45, 2.75) is 19.3 Å². The van der Waals surface area contributed by atoms with Gasteiger partial charge in [0.2, 0.25) is 0 Å². The Bertz CT molecular complexity index is 413. The molecule has 1 aliphatic carbocycles. The number of hydrogen-bond acceptors (Lipinski definition) is 2. The van der Waals surface area contributed by atoms with Crippen LogP contribution in [-0.4, -0.2) is 6.54 Å². The fourth-order valence-corrected chi connectivity index (χ4v) is 1.71. The van der Waals surface area contributed by atoms with Gasteiger partial charge in [0.25, 0.3) is 0 Å². The summed E-state index contributed by atoms with van der Waals surface area (Å²) in [6.07, 6.45) is 2.51. The lowest BCUT2D eigenvalue weighted by Crippen LogP contribution is -2.15. The second kappa shape index (κ2) is 4.09. The van der Waals surface area contributed by atoms with Crippen molar-refractivity contribution in [3.8, 4) is 6.07 Å². The maximum atomic E-state index is 12.9. The van der Waals surface area contributed by atoms with Crippen molar-refractivity contribution in [1.29, 1.82) is 5.26 Å². The topological polar surface area (TPSA) is 35.8 Å². The molecular formula is C12H12F2N2. The zero-order valence-electron chi connectivity index (χ0n) is 8.76. The van der Waals surface area contributed by atoms with E-state index in [9.17, 15) is 8.78 Å². The van der Waals surface area contributed by atoms with Crippen LogP contribution >= 0.6 is 0 Å². The summed E-state index contributed by atoms with van der Waals surface area (Å²) in [4.78, 5) is 0. The number of hydrogen-bond donors (Lipinski definition) is 1. The van der Waals surface area contributed by atoms with Crippen LogP contribution in [0.1, 0.15) is 19.3 Å². The highest BCUT2D eigenvalue weighted by Crippen LogP contribution is 2.48. The van der Waals surface area contributed by atoms with Crippen molar-refractivity contribution >= 4 is 5.69 Å². The molecule has 0 bridgehead atoms. The fourth-order valence-electron chi connectivity index (χ4n) is 1.71. The van der Waals surface area contributed by atoms with E-state index in [4.69, 9.17) is 5.26 Å². The van der Waals surface area contributed by atoms with Crippen molar-refractivity contribution in [3.05, 3.63) is 29.8 Å². The van der Waals surface area contributed by atoms with Gasteiger partial charge in [0.15, 0.2) is 0 Å². The van der Waals surface area contributed by atoms with Gasteiger partial charge < -0.3 is 5.32 Å². The molecule has 0 radical (unpaired) electrons. The van der Waals surface area contributed by atoms with Crippen LogP contribution in [0.15, 0.2) is 18.2 Å². The minimum Gasteiger partial charge on any atom is -0.384 e. The molecule has 1 aromatic carbocycles. The van der Waals surface area contributed by atoms with E-state index in [1.54, 1.807) is 0 Å². The van der Waals surface area contributed by atoms with Crippen molar-refractivity contribution in [3.63, 3.8) is 0 Å². The minimum atomic E-state index is -0.590. The van der Waals surface area contributed by atoms with Crippen LogP contribution in [0, 0.1) is 28.4 Å². The first-order valence-corrected chi connectivity index (χ1v) is 5.20. The molecule has 1 saturated carbocycles. The number of nitrogens with zero attached hydrogens (tertiary/aromatic N) is 1. The molecule has 84 valence electrons. The monoisotopic (exact) mass is 222 g/mol. The summed E-state index contributed by atoms with van der Waals surface area (Å²) < 4.78 is 25.8. The fraction of sp³-hybridized carbons (Fsp3) is 0.417. The van der Waals surface area contributed by atoms with Gasteiger partial charge in [-0.3, -0.25) is 0 Å². The van der Waals surface area contributed by atoms with E-state index in [-0.39, 0.29) is 5.41 Å². The molecule has 16 heavy (non-hydrogen) atoms. The predicted octanol–water partition coefficient (Wildman–Crippen LogP) is 3.07. The minimum absolute atomic E-state index is 0.0253. The van der Waals surface area contributed by atoms with E-state index in [1.165, 1.54) is 12.1 Å². The molecule has 0 saturated heterocycles. The first-order valence-electron chi connectivity index (χ1n) is 5.20. The van der Waals surface area contributed by atoms with Gasteiger partial charge in [0.05, 0.1) is 6.07 Å². The largest absolute Gasteiger partial charge is 0.384 e. The Labute approximate surface area is 92.9 Å². The lowest BCUT2D eigenvalue weighted by Gasteiger charge is -2.13. The summed E-state index contributed by atoms with van der Waals surface area (Å²) in [7, 11) is 0. The lowest BCUT2D eigenvalue weighted by atomic mass is 10.0. The molecule has 1 N–H and O–H groups in total. The summed E-state index contributed by atoms with van der Waals surface area (Å²) >= 11 is 0. The first kappa shape index (κ1) is 10.9. The number of rotatable bonds is 4. The number of benzene rings is 1. The van der Waals surface area contributed by atoms with Crippen LogP contribution in [0.5, 0.6) is 0 Å². The zero-order valence-corrected chi connectivity index (χ0v) is 8.76. The highest BCUT2D eigenvalue weighted by atomic mass is 19.1. The van der Waals surface area contributed by atoms with Gasteiger partial charge in [0, 0.05) is 30.1 Å². The smallest absolute Gasteiger partial charge is 0.128 e. The Morgan fingerprint density at radius 1 is 1.25 bits per heavy atom. The highest BCUT2D eigenvalue weighted by molar-refractivity contribution is 5.44. The molecule has 2 nitrogen and oxygen atoms in total. The first-order chi connectivity index (χ1) is 7.63. The molecule has 0 aliphatic heterocycles. The normalized spacial score (nSPS) is 16.6. The van der Waals surface area contributed by atoms with Crippen molar-refractivity contribution < 1.29 is 8.78 Å². The standard InChI is InChI=1S/C12H12F2N2/c13-9-5-10(14)7-11(6-9)16-8-12(1-2-12)3-4-15/h5-7,16H,1-3,8H2. The molecule has 1 fully saturated rings. The number of halogens is 2. The second-order valence-corrected chi connectivity index (χ2v) is 4.35. The number of anilines is 1. The molecule has 0 heterocycles. The van der Waals surface area contributed by atoms with Crippen LogP contribution in [0.2, 0.25) is 0 Å². The van der Waals surface area contributed by atoms with Gasteiger partial charge in [-0.15, -0.1) is 0 Å². The third kappa shape index (κ3) is 2.48. The molecule has 2 rings (SSSR count). The molecular weight excluding hydrogens is 210 g/mol. The average Bonchev–Trinajstić information content (AvgIpc) is 2.95. The highest BCUT2D eigenvalue weighted by Gasteiger charge is 2.42. The third-order valence-electron chi connectivity index (χ3n) is 2.94. The van der Waals surface area contributed by atoms with Gasteiger partial charge >= 0.3 is 0 Å². The molecule has 1 aromatic rings. The summed E-state index contributed by atoms with van der Waals surface area (Å²) in [5.41, 5.74) is 0.457. The second-order valence-electron chi connectivity index (χ2n) is 4.35. The molecule has 0 amide bonds. The van der Waals surface area contributed by atoms with Crippen LogP contribution in [0.3, 0.4) is 0 Å². The van der Waals surface area contributed by atoms with E-state index in [2.05, 4.69) is 11.4 Å². The van der Waals surface area contributed by atoms with Crippen LogP contribution < -0.4 is 5.32 Å². The van der Waals surface area contributed by atoms with E-state index < -0.39 is 11.6 Å². The number of nitriles is 1. The van der Waals surface area contributed by atoms with Crippen molar-refractivity contribution in [2.75, 3.05) is 11.9 Å². The van der Waals surface area contributed by atoms with Gasteiger partial charge in [-0.25, -0.2) is 8.78 Å². The van der Waals surface area contributed by atoms with Gasteiger partial charge in [-0.2, -0.15) is 5.26 Å². The van der Waals surface area contributed by atoms with E-state index in [0.717, 1.165) is 18.9 Å². The molecule has 1 aliphatic rings. The van der Waals surface area contributed by atoms with Crippen molar-refractivity contribution in [1.82, 2.24) is 0 Å². The summed E-state index contributed by atoms with van der Waals surface area (Å²) in [6.45, 7) is 0.601. The Kier molecular flexibility index (Phi) is 2.78. The molecule has 4 heteroatoms. The number of nitrogens with one attached hydrogen (secondary N) is 1. The SMILES string of the molecule is N#CCC1(CNc2cc(F)cc(F)c2)CC1. The maximum Gasteiger partial charge on any atom is 0.128 e. The summed E-state index contributed by atoms with van der Waals surface area (Å²) in [5, 5.41) is 11.6. The maximum absolute atomic E-state index is 12.9. The van der Waals surface area contributed by atoms with Crippen LogP contribution in [-0.2, 0) is 0 Å². The Hall–Kier alpha value is -1.63. The van der Waals surface area contributed by atoms with E-state index in [0.29, 0.717) is 18.7 Å². The summed E-state index contributed by atoms with van der Waals surface area (Å²) in [6, 6.07) is 5.49. The van der Waals surface area contributed by atoms with Gasteiger partial charge in [-0.1, -0.05) is 0 Å². The quantitative estimate of drug-likeness (QED) is 0.849. The van der Waals surface area contributed by atoms with Crippen LogP contribution in [0.4, 0.5) is 14.5 Å². The Morgan fingerprint density at radius 2 is 1.88 bits per heavy atom. The predicted molar refractivity (Wildman–Crippen MR) is 56.7 cm³/mol. The Balaban J connectivity index is 1.97. The zero-order chi connectivity index (χ0) is 11.6. The summed E-state index contributed by atoms with van der Waals surface area (Å²) in [5.74, 6) is -1.18. The van der Waals surface area contributed by atoms with E-state index in [1.807, 2.05) is 0 Å². The Morgan fingerprint density at radius 3 is 2.38 bits per heavy atom. The lowest BCUT2D eigenvalue weighted by molar-refractivity contribution is 0.554. The molecule has 0 spiro atoms. The molecule has 0 aromatic heterocycles. The van der Waals surface area contributed by atoms with Crippen molar-refractivity contribution in [2.24, 2.45) is 5.41 Å².